The molecule has 17 unspecified atom stereocenters. The van der Waals surface area contributed by atoms with Crippen molar-refractivity contribution in [2.75, 3.05) is 49.3 Å². The lowest BCUT2D eigenvalue weighted by atomic mass is 9.84. The summed E-state index contributed by atoms with van der Waals surface area (Å²) in [5.74, 6) is 2.35. The fourth-order valence-corrected chi connectivity index (χ4v) is 7.78. The van der Waals surface area contributed by atoms with Gasteiger partial charge in [-0.05, 0) is 12.5 Å². The van der Waals surface area contributed by atoms with Crippen molar-refractivity contribution >= 4 is 29.8 Å². The Hall–Kier alpha value is -0.730. The second kappa shape index (κ2) is 18.3. The van der Waals surface area contributed by atoms with Crippen molar-refractivity contribution in [1.82, 2.24) is 0 Å². The van der Waals surface area contributed by atoms with E-state index in [1.54, 1.807) is 0 Å². The molecule has 0 radical (unpaired) electrons. The molecule has 1 saturated carbocycles. The second-order valence-corrected chi connectivity index (χ2v) is 14.9. The molecule has 49 heavy (non-hydrogen) atoms. The number of fused-ring (bicyclic) bond motifs is 1. The Morgan fingerprint density at radius 1 is 0.796 bits per heavy atom. The van der Waals surface area contributed by atoms with E-state index in [-0.39, 0.29) is 37.5 Å². The van der Waals surface area contributed by atoms with Crippen LogP contribution in [0.2, 0.25) is 0 Å². The molecule has 4 fully saturated rings. The van der Waals surface area contributed by atoms with Gasteiger partial charge >= 0.3 is 0 Å². The molecular weight excluding hydrogens is 688 g/mol. The fraction of sp³-hybridized carbons (Fsp3) is 0.897. The molecule has 0 bridgehead atoms. The van der Waals surface area contributed by atoms with Crippen LogP contribution in [0.15, 0.2) is 11.8 Å². The quantitative estimate of drug-likeness (QED) is 0.0361. The molecule has 1 aliphatic carbocycles. The fourth-order valence-electron chi connectivity index (χ4n) is 6.38. The number of rotatable bonds is 18. The maximum absolute atomic E-state index is 11.6. The summed E-state index contributed by atoms with van der Waals surface area (Å²) >= 11 is 2.98. The van der Waals surface area contributed by atoms with Gasteiger partial charge in [0, 0.05) is 41.6 Å². The average molecular weight is 741 g/mol. The molecule has 18 nitrogen and oxygen atoms in total. The van der Waals surface area contributed by atoms with E-state index in [4.69, 9.17) is 72.3 Å². The Morgan fingerprint density at radius 2 is 1.49 bits per heavy atom. The molecule has 5 aliphatic rings. The van der Waals surface area contributed by atoms with Gasteiger partial charge in [-0.15, -0.1) is 0 Å². The van der Waals surface area contributed by atoms with Crippen LogP contribution in [0.25, 0.3) is 0 Å². The number of epoxide rings is 1. The van der Waals surface area contributed by atoms with Crippen molar-refractivity contribution in [3.05, 3.63) is 11.8 Å². The SMILES string of the molecule is NCC1=CC(O)C(N)C(OC2C(CSCCOCCSCC=O)OC(OC3C(O)C(N)CC(N)C3OC3OC(CN)C4OC4C3N)C2O)O1. The molecule has 282 valence electrons. The first-order chi connectivity index (χ1) is 23.6. The number of aliphatic hydroxyl groups excluding tert-OH is 3. The van der Waals surface area contributed by atoms with E-state index in [0.29, 0.717) is 36.2 Å². The lowest BCUT2D eigenvalue weighted by molar-refractivity contribution is -0.284. The first-order valence-corrected chi connectivity index (χ1v) is 18.8. The van der Waals surface area contributed by atoms with E-state index >= 15 is 0 Å². The van der Waals surface area contributed by atoms with Crippen LogP contribution in [0.3, 0.4) is 0 Å². The van der Waals surface area contributed by atoms with Crippen LogP contribution in [0.1, 0.15) is 6.42 Å². The number of hydrogen-bond acceptors (Lipinski definition) is 20. The summed E-state index contributed by atoms with van der Waals surface area (Å²) < 4.78 is 48.0. The van der Waals surface area contributed by atoms with Crippen molar-refractivity contribution < 1.29 is 58.0 Å². The number of aliphatic hydroxyl groups is 3. The largest absolute Gasteiger partial charge is 0.466 e. The predicted octanol–water partition coefficient (Wildman–Crippen LogP) is -5.01. The summed E-state index contributed by atoms with van der Waals surface area (Å²) in [6, 6.07) is -3.08. The van der Waals surface area contributed by atoms with Gasteiger partial charge in [0.15, 0.2) is 12.6 Å². The molecular formula is C29H52N6O12S2. The number of aldehydes is 1. The van der Waals surface area contributed by atoms with E-state index in [2.05, 4.69) is 0 Å². The summed E-state index contributed by atoms with van der Waals surface area (Å²) in [4.78, 5) is 10.5. The highest BCUT2D eigenvalue weighted by Gasteiger charge is 2.58. The molecule has 0 spiro atoms. The van der Waals surface area contributed by atoms with Crippen molar-refractivity contribution in [3.63, 3.8) is 0 Å². The van der Waals surface area contributed by atoms with E-state index < -0.39 is 91.9 Å². The third-order valence-corrected chi connectivity index (χ3v) is 11.0. The predicted molar refractivity (Wildman–Crippen MR) is 178 cm³/mol. The molecule has 17 atom stereocenters. The summed E-state index contributed by atoms with van der Waals surface area (Å²) in [7, 11) is 0. The molecule has 0 aromatic heterocycles. The van der Waals surface area contributed by atoms with E-state index in [1.807, 2.05) is 0 Å². The molecule has 20 heteroatoms. The molecule has 5 rings (SSSR count). The van der Waals surface area contributed by atoms with Gasteiger partial charge < -0.3 is 92.4 Å². The molecule has 15 N–H and O–H groups in total. The van der Waals surface area contributed by atoms with E-state index in [1.165, 1.54) is 29.6 Å². The van der Waals surface area contributed by atoms with Crippen molar-refractivity contribution in [1.29, 1.82) is 0 Å². The summed E-state index contributed by atoms with van der Waals surface area (Å²) in [6.07, 6.45) is -9.57. The zero-order chi connectivity index (χ0) is 35.2. The van der Waals surface area contributed by atoms with Gasteiger partial charge in [-0.3, -0.25) is 0 Å². The maximum Gasteiger partial charge on any atom is 0.218 e. The van der Waals surface area contributed by atoms with Crippen LogP contribution >= 0.6 is 23.5 Å². The molecule has 0 aromatic rings. The lowest BCUT2D eigenvalue weighted by Gasteiger charge is -2.45. The number of ether oxygens (including phenoxy) is 8. The van der Waals surface area contributed by atoms with Gasteiger partial charge in [0.25, 0.3) is 0 Å². The maximum atomic E-state index is 11.6. The van der Waals surface area contributed by atoms with Crippen LogP contribution < -0.4 is 34.4 Å². The topological polar surface area (TPSA) is 311 Å². The van der Waals surface area contributed by atoms with Crippen molar-refractivity contribution in [2.45, 2.75) is 110 Å². The Balaban J connectivity index is 1.26. The zero-order valence-electron chi connectivity index (χ0n) is 27.1. The highest BCUT2D eigenvalue weighted by atomic mass is 32.2. The normalized spacial score (nSPS) is 45.0. The minimum Gasteiger partial charge on any atom is -0.466 e. The van der Waals surface area contributed by atoms with E-state index in [9.17, 15) is 20.1 Å². The van der Waals surface area contributed by atoms with Gasteiger partial charge in [0.2, 0.25) is 6.29 Å². The molecule has 3 saturated heterocycles. The molecule has 0 amide bonds. The van der Waals surface area contributed by atoms with Crippen LogP contribution in [0.4, 0.5) is 0 Å². The number of nitrogens with two attached hydrogens (primary N) is 6. The van der Waals surface area contributed by atoms with Crippen LogP contribution in [-0.2, 0) is 42.7 Å². The molecule has 4 aliphatic heterocycles. The van der Waals surface area contributed by atoms with Crippen molar-refractivity contribution in [2.24, 2.45) is 34.4 Å². The average Bonchev–Trinajstić information content (AvgIpc) is 3.84. The molecule has 0 aromatic carbocycles. The Labute approximate surface area is 293 Å². The van der Waals surface area contributed by atoms with Crippen LogP contribution in [-0.4, -0.2) is 175 Å². The Bertz CT molecular complexity index is 1090. The van der Waals surface area contributed by atoms with Crippen LogP contribution in [0.5, 0.6) is 0 Å². The van der Waals surface area contributed by atoms with Gasteiger partial charge in [0.1, 0.15) is 54.8 Å². The van der Waals surface area contributed by atoms with Gasteiger partial charge in [-0.25, -0.2) is 0 Å². The molecule has 4 heterocycles. The highest BCUT2D eigenvalue weighted by molar-refractivity contribution is 7.99. The first kappa shape index (κ1) is 39.5. The van der Waals surface area contributed by atoms with Gasteiger partial charge in [-0.2, -0.15) is 23.5 Å². The summed E-state index contributed by atoms with van der Waals surface area (Å²) in [5, 5.41) is 33.3. The number of carbonyl (C=O) groups excluding carboxylic acids is 1. The monoisotopic (exact) mass is 740 g/mol. The highest BCUT2D eigenvalue weighted by Crippen LogP contribution is 2.39. The smallest absolute Gasteiger partial charge is 0.218 e. The third kappa shape index (κ3) is 9.64. The van der Waals surface area contributed by atoms with Crippen molar-refractivity contribution in [3.8, 4) is 0 Å². The first-order valence-electron chi connectivity index (χ1n) is 16.5. The summed E-state index contributed by atoms with van der Waals surface area (Å²) in [5.41, 5.74) is 36.9. The Kier molecular flexibility index (Phi) is 14.8. The number of thioether (sulfide) groups is 2. The number of carbonyl (C=O) groups is 1. The van der Waals surface area contributed by atoms with Gasteiger partial charge in [0.05, 0.1) is 50.2 Å². The second-order valence-electron chi connectivity index (χ2n) is 12.6. The Morgan fingerprint density at radius 3 is 2.20 bits per heavy atom. The lowest BCUT2D eigenvalue weighted by Crippen LogP contribution is -2.66. The third-order valence-electron chi connectivity index (χ3n) is 9.14. The summed E-state index contributed by atoms with van der Waals surface area (Å²) in [6.45, 7) is 1.15. The zero-order valence-corrected chi connectivity index (χ0v) is 28.8. The minimum atomic E-state index is -1.41. The van der Waals surface area contributed by atoms with E-state index in [0.717, 1.165) is 6.29 Å². The standard InChI is InChI=1S/C29H52N6O12S2/c30-9-12-7-15(37)18(34)27(41-12)46-23-17(11-49-6-3-40-2-5-48-4-1-36)43-29(21(23)39)47-26-20(38)13(32)8-14(33)22(26)45-28-19(35)25-24(44-25)16(10-31)42-28/h1,7,13-29,37-39H,2-6,8-11,30-35H2. The van der Waals surface area contributed by atoms with Gasteiger partial charge in [-0.1, -0.05) is 0 Å². The number of hydrogen-bond donors (Lipinski definition) is 9. The minimum absolute atomic E-state index is 0.00141. The van der Waals surface area contributed by atoms with Crippen LogP contribution in [0, 0.1) is 0 Å².